The van der Waals surface area contributed by atoms with Crippen molar-refractivity contribution < 1.29 is 17.6 Å². The summed E-state index contributed by atoms with van der Waals surface area (Å²) in [6.07, 6.45) is 5.13. The van der Waals surface area contributed by atoms with Crippen LogP contribution in [0.3, 0.4) is 0 Å². The fourth-order valence-electron chi connectivity index (χ4n) is 3.12. The third-order valence-electron chi connectivity index (χ3n) is 4.50. The second kappa shape index (κ2) is 7.36. The number of sulfonamides is 1. The van der Waals surface area contributed by atoms with Crippen LogP contribution in [-0.4, -0.2) is 20.9 Å². The lowest BCUT2D eigenvalue weighted by Gasteiger charge is -2.19. The number of nitrogens with one attached hydrogen (secondary N) is 1. The van der Waals surface area contributed by atoms with Crippen LogP contribution in [0.1, 0.15) is 11.3 Å². The van der Waals surface area contributed by atoms with Crippen molar-refractivity contribution in [3.8, 4) is 0 Å². The molecule has 0 spiro atoms. The SMILES string of the molecule is O=C(/C=C/c1ccco1)Nc1ccc(S(=O)(=O)N2CCc3ccccc32)cc1. The largest absolute Gasteiger partial charge is 0.465 e. The molecule has 3 aromatic rings. The van der Waals surface area contributed by atoms with Gasteiger partial charge in [-0.2, -0.15) is 0 Å². The number of hydrogen-bond acceptors (Lipinski definition) is 4. The summed E-state index contributed by atoms with van der Waals surface area (Å²) in [5, 5.41) is 2.69. The summed E-state index contributed by atoms with van der Waals surface area (Å²) in [5.41, 5.74) is 2.26. The van der Waals surface area contributed by atoms with Gasteiger partial charge in [0, 0.05) is 18.3 Å². The molecule has 1 aliphatic rings. The predicted molar refractivity (Wildman–Crippen MR) is 107 cm³/mol. The van der Waals surface area contributed by atoms with E-state index in [0.717, 1.165) is 11.3 Å². The van der Waals surface area contributed by atoms with Crippen molar-refractivity contribution in [1.82, 2.24) is 0 Å². The van der Waals surface area contributed by atoms with E-state index in [1.54, 1.807) is 30.3 Å². The zero-order chi connectivity index (χ0) is 19.6. The van der Waals surface area contributed by atoms with Gasteiger partial charge in [0.15, 0.2) is 0 Å². The number of carbonyl (C=O) groups excluding carboxylic acids is 1. The number of carbonyl (C=O) groups is 1. The molecule has 0 aliphatic carbocycles. The Kier molecular flexibility index (Phi) is 4.75. The van der Waals surface area contributed by atoms with Gasteiger partial charge in [-0.25, -0.2) is 8.42 Å². The maximum Gasteiger partial charge on any atom is 0.264 e. The highest BCUT2D eigenvalue weighted by Crippen LogP contribution is 2.32. The Hall–Kier alpha value is -3.32. The number of nitrogens with zero attached hydrogens (tertiary/aromatic N) is 1. The van der Waals surface area contributed by atoms with E-state index in [1.807, 2.05) is 24.3 Å². The molecule has 28 heavy (non-hydrogen) atoms. The number of hydrogen-bond donors (Lipinski definition) is 1. The predicted octanol–water partition coefficient (Wildman–Crippen LogP) is 3.68. The highest BCUT2D eigenvalue weighted by atomic mass is 32.2. The smallest absolute Gasteiger partial charge is 0.264 e. The maximum absolute atomic E-state index is 13.0. The molecule has 0 saturated heterocycles. The van der Waals surface area contributed by atoms with E-state index in [4.69, 9.17) is 4.42 Å². The number of anilines is 2. The lowest BCUT2D eigenvalue weighted by atomic mass is 10.2. The first-order chi connectivity index (χ1) is 13.5. The van der Waals surface area contributed by atoms with E-state index < -0.39 is 10.0 Å². The van der Waals surface area contributed by atoms with Crippen LogP contribution in [0.25, 0.3) is 6.08 Å². The standard InChI is InChI=1S/C21H18N2O4S/c24-21(12-9-18-5-3-15-27-18)22-17-7-10-19(11-8-17)28(25,26)23-14-13-16-4-1-2-6-20(16)23/h1-12,15H,13-14H2,(H,22,24)/b12-9+. The minimum absolute atomic E-state index is 0.188. The number of amides is 1. The van der Waals surface area contributed by atoms with Crippen molar-refractivity contribution in [3.05, 3.63) is 84.3 Å². The molecule has 4 rings (SSSR count). The Morgan fingerprint density at radius 2 is 1.82 bits per heavy atom. The van der Waals surface area contributed by atoms with Gasteiger partial charge in [-0.3, -0.25) is 9.10 Å². The van der Waals surface area contributed by atoms with Crippen molar-refractivity contribution in [2.75, 3.05) is 16.2 Å². The summed E-state index contributed by atoms with van der Waals surface area (Å²) in [5.74, 6) is 0.239. The summed E-state index contributed by atoms with van der Waals surface area (Å²) in [6, 6.07) is 17.1. The molecule has 0 bridgehead atoms. The minimum atomic E-state index is -3.64. The topological polar surface area (TPSA) is 79.6 Å². The number of benzene rings is 2. The van der Waals surface area contributed by atoms with Crippen LogP contribution in [0.15, 0.2) is 82.3 Å². The van der Waals surface area contributed by atoms with E-state index in [2.05, 4.69) is 5.32 Å². The van der Waals surface area contributed by atoms with Crippen molar-refractivity contribution in [1.29, 1.82) is 0 Å². The molecule has 2 aromatic carbocycles. The number of furan rings is 1. The zero-order valence-corrected chi connectivity index (χ0v) is 15.7. The van der Waals surface area contributed by atoms with Gasteiger partial charge < -0.3 is 9.73 Å². The first-order valence-electron chi connectivity index (χ1n) is 8.77. The molecule has 0 fully saturated rings. The van der Waals surface area contributed by atoms with Gasteiger partial charge in [-0.05, 0) is 60.5 Å². The molecule has 1 aromatic heterocycles. The molecule has 0 radical (unpaired) electrons. The van der Waals surface area contributed by atoms with Gasteiger partial charge >= 0.3 is 0 Å². The molecular formula is C21H18N2O4S. The van der Waals surface area contributed by atoms with Gasteiger partial charge in [0.05, 0.1) is 16.8 Å². The molecule has 1 N–H and O–H groups in total. The molecule has 0 unspecified atom stereocenters. The summed E-state index contributed by atoms with van der Waals surface area (Å²) in [4.78, 5) is 12.2. The first-order valence-corrected chi connectivity index (χ1v) is 10.2. The van der Waals surface area contributed by atoms with Crippen LogP contribution in [0.2, 0.25) is 0 Å². The van der Waals surface area contributed by atoms with Crippen molar-refractivity contribution in [3.63, 3.8) is 0 Å². The van der Waals surface area contributed by atoms with Crippen molar-refractivity contribution in [2.24, 2.45) is 0 Å². The Morgan fingerprint density at radius 1 is 1.04 bits per heavy atom. The van der Waals surface area contributed by atoms with Gasteiger partial charge in [0.25, 0.3) is 10.0 Å². The lowest BCUT2D eigenvalue weighted by molar-refractivity contribution is -0.111. The fraction of sp³-hybridized carbons (Fsp3) is 0.0952. The normalized spacial score (nSPS) is 13.6. The van der Waals surface area contributed by atoms with E-state index >= 15 is 0 Å². The maximum atomic E-state index is 13.0. The Morgan fingerprint density at radius 3 is 2.57 bits per heavy atom. The fourth-order valence-corrected chi connectivity index (χ4v) is 4.63. The second-order valence-corrected chi connectivity index (χ2v) is 8.18. The molecule has 6 nitrogen and oxygen atoms in total. The molecule has 0 atom stereocenters. The Bertz CT molecular complexity index is 1120. The summed E-state index contributed by atoms with van der Waals surface area (Å²) in [7, 11) is -3.64. The van der Waals surface area contributed by atoms with Gasteiger partial charge in [0.1, 0.15) is 5.76 Å². The number of fused-ring (bicyclic) bond motifs is 1. The molecule has 7 heteroatoms. The van der Waals surface area contributed by atoms with Gasteiger partial charge in [0.2, 0.25) is 5.91 Å². The van der Waals surface area contributed by atoms with Gasteiger partial charge in [-0.15, -0.1) is 0 Å². The molecule has 0 saturated carbocycles. The molecule has 142 valence electrons. The van der Waals surface area contributed by atoms with Gasteiger partial charge in [-0.1, -0.05) is 18.2 Å². The zero-order valence-electron chi connectivity index (χ0n) is 14.9. The average molecular weight is 394 g/mol. The quantitative estimate of drug-likeness (QED) is 0.670. The van der Waals surface area contributed by atoms with E-state index in [-0.39, 0.29) is 10.8 Å². The number of para-hydroxylation sites is 1. The van der Waals surface area contributed by atoms with E-state index in [0.29, 0.717) is 24.4 Å². The van der Waals surface area contributed by atoms with Crippen LogP contribution in [0, 0.1) is 0 Å². The molecule has 2 heterocycles. The highest BCUT2D eigenvalue weighted by Gasteiger charge is 2.30. The number of rotatable bonds is 5. The second-order valence-electron chi connectivity index (χ2n) is 6.32. The summed E-state index contributed by atoms with van der Waals surface area (Å²) in [6.45, 7) is 0.428. The lowest BCUT2D eigenvalue weighted by Crippen LogP contribution is -2.29. The van der Waals surface area contributed by atoms with E-state index in [1.165, 1.54) is 28.8 Å². The third-order valence-corrected chi connectivity index (χ3v) is 6.32. The van der Waals surface area contributed by atoms with Crippen LogP contribution in [-0.2, 0) is 21.2 Å². The Labute approximate surface area is 163 Å². The average Bonchev–Trinajstić information content (AvgIpc) is 3.37. The minimum Gasteiger partial charge on any atom is -0.465 e. The highest BCUT2D eigenvalue weighted by molar-refractivity contribution is 7.92. The monoisotopic (exact) mass is 394 g/mol. The summed E-state index contributed by atoms with van der Waals surface area (Å²) < 4.78 is 32.5. The third kappa shape index (κ3) is 3.57. The van der Waals surface area contributed by atoms with Crippen LogP contribution >= 0.6 is 0 Å². The first kappa shape index (κ1) is 18.1. The van der Waals surface area contributed by atoms with Crippen molar-refractivity contribution >= 4 is 33.4 Å². The van der Waals surface area contributed by atoms with Crippen LogP contribution < -0.4 is 9.62 Å². The van der Waals surface area contributed by atoms with Crippen LogP contribution in [0.5, 0.6) is 0 Å². The van der Waals surface area contributed by atoms with E-state index in [9.17, 15) is 13.2 Å². The van der Waals surface area contributed by atoms with Crippen molar-refractivity contribution in [2.45, 2.75) is 11.3 Å². The molecular weight excluding hydrogens is 376 g/mol. The Balaban J connectivity index is 1.48. The van der Waals surface area contributed by atoms with Crippen LogP contribution in [0.4, 0.5) is 11.4 Å². The molecule has 1 amide bonds. The molecule has 1 aliphatic heterocycles. The summed E-state index contributed by atoms with van der Waals surface area (Å²) >= 11 is 0.